The number of aliphatic carboxylic acids is 1. The standard InChI is InChI=1S/C7H6FNO2/c8-6(7(10)11)3-5-1-2-9-4-5/h1-4,9H,(H,10,11). The average molecular weight is 155 g/mol. The second-order valence-corrected chi connectivity index (χ2v) is 1.94. The highest BCUT2D eigenvalue weighted by atomic mass is 19.1. The number of hydrogen-bond acceptors (Lipinski definition) is 1. The Kier molecular flexibility index (Phi) is 2.06. The molecule has 0 atom stereocenters. The van der Waals surface area contributed by atoms with Crippen molar-refractivity contribution in [1.82, 2.24) is 4.98 Å². The first kappa shape index (κ1) is 7.53. The summed E-state index contributed by atoms with van der Waals surface area (Å²) >= 11 is 0. The van der Waals surface area contributed by atoms with Crippen LogP contribution in [-0.4, -0.2) is 16.1 Å². The molecule has 0 fully saturated rings. The minimum atomic E-state index is -1.55. The summed E-state index contributed by atoms with van der Waals surface area (Å²) in [6, 6.07) is 1.57. The van der Waals surface area contributed by atoms with E-state index in [4.69, 9.17) is 5.11 Å². The van der Waals surface area contributed by atoms with Crippen LogP contribution in [0.3, 0.4) is 0 Å². The highest BCUT2D eigenvalue weighted by Gasteiger charge is 2.04. The van der Waals surface area contributed by atoms with Crippen molar-refractivity contribution in [3.8, 4) is 0 Å². The summed E-state index contributed by atoms with van der Waals surface area (Å²) in [7, 11) is 0. The first-order valence-corrected chi connectivity index (χ1v) is 2.93. The molecule has 0 aromatic carbocycles. The predicted molar refractivity (Wildman–Crippen MR) is 37.5 cm³/mol. The van der Waals surface area contributed by atoms with Crippen molar-refractivity contribution in [2.75, 3.05) is 0 Å². The van der Waals surface area contributed by atoms with Crippen molar-refractivity contribution in [2.45, 2.75) is 0 Å². The van der Waals surface area contributed by atoms with Crippen LogP contribution in [0.1, 0.15) is 5.56 Å². The van der Waals surface area contributed by atoms with Gasteiger partial charge in [0.05, 0.1) is 0 Å². The molecule has 0 aliphatic rings. The molecule has 1 rings (SSSR count). The molecule has 1 aromatic heterocycles. The summed E-state index contributed by atoms with van der Waals surface area (Å²) < 4.78 is 12.3. The molecule has 1 aromatic rings. The lowest BCUT2D eigenvalue weighted by atomic mass is 10.3. The zero-order valence-corrected chi connectivity index (χ0v) is 5.54. The second-order valence-electron chi connectivity index (χ2n) is 1.94. The summed E-state index contributed by atoms with van der Waals surface area (Å²) in [5.41, 5.74) is 0.505. The number of carbonyl (C=O) groups is 1. The fraction of sp³-hybridized carbons (Fsp3) is 0. The molecular weight excluding hydrogens is 149 g/mol. The lowest BCUT2D eigenvalue weighted by Crippen LogP contribution is -1.93. The lowest BCUT2D eigenvalue weighted by Gasteiger charge is -1.85. The van der Waals surface area contributed by atoms with E-state index in [1.54, 1.807) is 12.3 Å². The van der Waals surface area contributed by atoms with Gasteiger partial charge in [-0.05, 0) is 17.7 Å². The number of nitrogens with one attached hydrogen (secondary N) is 1. The number of carboxylic acids is 1. The molecule has 58 valence electrons. The molecule has 0 aliphatic heterocycles. The lowest BCUT2D eigenvalue weighted by molar-refractivity contribution is -0.134. The Hall–Kier alpha value is -1.58. The summed E-state index contributed by atoms with van der Waals surface area (Å²) in [4.78, 5) is 12.6. The van der Waals surface area contributed by atoms with E-state index >= 15 is 0 Å². The smallest absolute Gasteiger partial charge is 0.364 e. The Morgan fingerprint density at radius 1 is 1.73 bits per heavy atom. The maximum absolute atomic E-state index is 12.3. The van der Waals surface area contributed by atoms with E-state index < -0.39 is 11.8 Å². The maximum Gasteiger partial charge on any atom is 0.364 e. The molecule has 0 unspecified atom stereocenters. The van der Waals surface area contributed by atoms with Crippen LogP contribution in [0.25, 0.3) is 6.08 Å². The Labute approximate surface area is 62.2 Å². The first-order valence-electron chi connectivity index (χ1n) is 2.93. The van der Waals surface area contributed by atoms with Gasteiger partial charge in [-0.25, -0.2) is 4.79 Å². The van der Waals surface area contributed by atoms with Gasteiger partial charge >= 0.3 is 5.97 Å². The van der Waals surface area contributed by atoms with Gasteiger partial charge in [0.2, 0.25) is 5.83 Å². The molecule has 0 spiro atoms. The molecule has 0 saturated carbocycles. The molecule has 1 heterocycles. The van der Waals surface area contributed by atoms with E-state index in [0.717, 1.165) is 6.08 Å². The van der Waals surface area contributed by atoms with Crippen LogP contribution in [0, 0.1) is 0 Å². The zero-order chi connectivity index (χ0) is 8.27. The monoisotopic (exact) mass is 155 g/mol. The van der Waals surface area contributed by atoms with Gasteiger partial charge in [-0.15, -0.1) is 0 Å². The minimum Gasteiger partial charge on any atom is -0.476 e. The van der Waals surface area contributed by atoms with Crippen LogP contribution in [-0.2, 0) is 4.79 Å². The van der Waals surface area contributed by atoms with Crippen LogP contribution >= 0.6 is 0 Å². The van der Waals surface area contributed by atoms with Crippen molar-refractivity contribution in [1.29, 1.82) is 0 Å². The fourth-order valence-electron chi connectivity index (χ4n) is 0.635. The third-order valence-electron chi connectivity index (χ3n) is 1.12. The van der Waals surface area contributed by atoms with Crippen LogP contribution in [0.4, 0.5) is 4.39 Å². The third kappa shape index (κ3) is 1.93. The largest absolute Gasteiger partial charge is 0.476 e. The summed E-state index contributed by atoms with van der Waals surface area (Å²) in [5, 5.41) is 8.13. The molecule has 0 radical (unpaired) electrons. The first-order chi connectivity index (χ1) is 5.20. The quantitative estimate of drug-likeness (QED) is 0.634. The van der Waals surface area contributed by atoms with Gasteiger partial charge in [0, 0.05) is 12.4 Å². The highest BCUT2D eigenvalue weighted by Crippen LogP contribution is 2.06. The number of hydrogen-bond donors (Lipinski definition) is 2. The molecule has 0 amide bonds. The predicted octanol–water partition coefficient (Wildman–Crippen LogP) is 1.41. The zero-order valence-electron chi connectivity index (χ0n) is 5.54. The number of carboxylic acid groups (broad SMARTS) is 1. The van der Waals surface area contributed by atoms with Gasteiger partial charge in [-0.1, -0.05) is 0 Å². The van der Waals surface area contributed by atoms with Gasteiger partial charge in [0.15, 0.2) is 0 Å². The SMILES string of the molecule is O=C(O)C(F)=Cc1cc[nH]c1. The molecule has 0 aliphatic carbocycles. The van der Waals surface area contributed by atoms with E-state index in [1.165, 1.54) is 6.20 Å². The second kappa shape index (κ2) is 3.01. The molecular formula is C7H6FNO2. The van der Waals surface area contributed by atoms with E-state index in [-0.39, 0.29) is 0 Å². The Morgan fingerprint density at radius 3 is 2.91 bits per heavy atom. The summed E-state index contributed by atoms with van der Waals surface area (Å²) in [6.45, 7) is 0. The van der Waals surface area contributed by atoms with Crippen LogP contribution in [0.5, 0.6) is 0 Å². The molecule has 3 nitrogen and oxygen atoms in total. The van der Waals surface area contributed by atoms with Gasteiger partial charge < -0.3 is 10.1 Å². The van der Waals surface area contributed by atoms with Gasteiger partial charge in [0.1, 0.15) is 0 Å². The van der Waals surface area contributed by atoms with Crippen molar-refractivity contribution in [3.63, 3.8) is 0 Å². The van der Waals surface area contributed by atoms with Gasteiger partial charge in [-0.3, -0.25) is 0 Å². The normalized spacial score (nSPS) is 11.5. The van der Waals surface area contributed by atoms with Crippen molar-refractivity contribution >= 4 is 12.0 Å². The number of rotatable bonds is 2. The van der Waals surface area contributed by atoms with E-state index in [2.05, 4.69) is 4.98 Å². The Bertz CT molecular complexity index is 277. The number of halogens is 1. The van der Waals surface area contributed by atoms with E-state index in [9.17, 15) is 9.18 Å². The Morgan fingerprint density at radius 2 is 2.45 bits per heavy atom. The van der Waals surface area contributed by atoms with Gasteiger partial charge in [0.25, 0.3) is 0 Å². The minimum absolute atomic E-state index is 0.505. The number of aromatic nitrogens is 1. The fourth-order valence-corrected chi connectivity index (χ4v) is 0.635. The van der Waals surface area contributed by atoms with Gasteiger partial charge in [-0.2, -0.15) is 4.39 Å². The molecule has 4 heteroatoms. The van der Waals surface area contributed by atoms with Crippen LogP contribution in [0.15, 0.2) is 24.3 Å². The topological polar surface area (TPSA) is 53.1 Å². The van der Waals surface area contributed by atoms with Crippen LogP contribution in [0.2, 0.25) is 0 Å². The highest BCUT2D eigenvalue weighted by molar-refractivity contribution is 5.89. The van der Waals surface area contributed by atoms with Crippen molar-refractivity contribution in [2.24, 2.45) is 0 Å². The molecule has 11 heavy (non-hydrogen) atoms. The number of aromatic amines is 1. The van der Waals surface area contributed by atoms with Crippen molar-refractivity contribution in [3.05, 3.63) is 29.9 Å². The van der Waals surface area contributed by atoms with Crippen molar-refractivity contribution < 1.29 is 14.3 Å². The molecule has 2 N–H and O–H groups in total. The average Bonchev–Trinajstić information content (AvgIpc) is 2.39. The summed E-state index contributed by atoms with van der Waals surface area (Å²) in [5.74, 6) is -2.71. The summed E-state index contributed by atoms with van der Waals surface area (Å²) in [6.07, 6.45) is 4.03. The maximum atomic E-state index is 12.3. The number of H-pyrrole nitrogens is 1. The van der Waals surface area contributed by atoms with Crippen LogP contribution < -0.4 is 0 Å². The third-order valence-corrected chi connectivity index (χ3v) is 1.12. The Balaban J connectivity index is 2.82. The van der Waals surface area contributed by atoms with E-state index in [0.29, 0.717) is 5.56 Å². The molecule has 0 bridgehead atoms. The molecule has 0 saturated heterocycles. The van der Waals surface area contributed by atoms with E-state index in [1.807, 2.05) is 0 Å².